The van der Waals surface area contributed by atoms with E-state index >= 15 is 0 Å². The number of benzene rings is 2. The lowest BCUT2D eigenvalue weighted by Crippen LogP contribution is -2.41. The second-order valence-corrected chi connectivity index (χ2v) is 6.45. The molecule has 0 aliphatic heterocycles. The zero-order valence-corrected chi connectivity index (χ0v) is 14.5. The average Bonchev–Trinajstić information content (AvgIpc) is 2.55. The summed E-state index contributed by atoms with van der Waals surface area (Å²) in [5, 5.41) is 6.98. The highest BCUT2D eigenvalue weighted by Crippen LogP contribution is 2.22. The van der Waals surface area contributed by atoms with Gasteiger partial charge in [0.25, 0.3) is 0 Å². The Hall–Kier alpha value is -1.84. The van der Waals surface area contributed by atoms with Crippen LogP contribution >= 0.6 is 11.6 Å². The molecule has 0 aliphatic rings. The van der Waals surface area contributed by atoms with Crippen molar-refractivity contribution < 1.29 is 4.79 Å². The summed E-state index contributed by atoms with van der Waals surface area (Å²) in [7, 11) is 0. The minimum atomic E-state index is -0.307. The molecule has 2 atom stereocenters. The monoisotopic (exact) mass is 330 g/mol. The first-order chi connectivity index (χ1) is 11.0. The molecule has 0 fully saturated rings. The van der Waals surface area contributed by atoms with Crippen LogP contribution < -0.4 is 10.6 Å². The van der Waals surface area contributed by atoms with Crippen LogP contribution in [-0.4, -0.2) is 11.9 Å². The van der Waals surface area contributed by atoms with Gasteiger partial charge in [0.2, 0.25) is 5.91 Å². The van der Waals surface area contributed by atoms with Crippen molar-refractivity contribution >= 4 is 23.2 Å². The molecule has 0 bridgehead atoms. The van der Waals surface area contributed by atoms with Crippen molar-refractivity contribution in [1.29, 1.82) is 0 Å². The summed E-state index contributed by atoms with van der Waals surface area (Å²) in [5.41, 5.74) is 1.93. The SMILES string of the molecule is CC(C)[C@@H](N[C@H](C)C(=O)Nc1ccc(Cl)cc1)c1ccccc1. The topological polar surface area (TPSA) is 41.1 Å². The van der Waals surface area contributed by atoms with Gasteiger partial charge in [0, 0.05) is 16.8 Å². The zero-order valence-electron chi connectivity index (χ0n) is 13.7. The molecular weight excluding hydrogens is 308 g/mol. The van der Waals surface area contributed by atoms with Crippen molar-refractivity contribution in [3.8, 4) is 0 Å². The molecule has 0 aliphatic carbocycles. The fraction of sp³-hybridized carbons (Fsp3) is 0.316. The van der Waals surface area contributed by atoms with Crippen LogP contribution in [-0.2, 0) is 4.79 Å². The molecule has 2 rings (SSSR count). The summed E-state index contributed by atoms with van der Waals surface area (Å²) >= 11 is 5.86. The largest absolute Gasteiger partial charge is 0.325 e. The molecule has 0 radical (unpaired) electrons. The normalized spacial score (nSPS) is 13.6. The van der Waals surface area contributed by atoms with Crippen LogP contribution in [0, 0.1) is 5.92 Å². The maximum absolute atomic E-state index is 12.4. The third-order valence-corrected chi connectivity index (χ3v) is 4.01. The van der Waals surface area contributed by atoms with E-state index in [2.05, 4.69) is 36.6 Å². The summed E-state index contributed by atoms with van der Waals surface area (Å²) in [6.45, 7) is 6.17. The first-order valence-corrected chi connectivity index (χ1v) is 8.22. The van der Waals surface area contributed by atoms with Crippen LogP contribution in [0.2, 0.25) is 5.02 Å². The van der Waals surface area contributed by atoms with E-state index in [0.29, 0.717) is 10.9 Å². The fourth-order valence-corrected chi connectivity index (χ4v) is 2.59. The van der Waals surface area contributed by atoms with Gasteiger partial charge in [-0.05, 0) is 42.7 Å². The third kappa shape index (κ3) is 5.08. The van der Waals surface area contributed by atoms with E-state index in [9.17, 15) is 4.79 Å². The summed E-state index contributed by atoms with van der Waals surface area (Å²) in [5.74, 6) is 0.317. The molecular formula is C19H23ClN2O. The van der Waals surface area contributed by atoms with Crippen molar-refractivity contribution in [2.45, 2.75) is 32.9 Å². The molecule has 3 nitrogen and oxygen atoms in total. The summed E-state index contributed by atoms with van der Waals surface area (Å²) in [6.07, 6.45) is 0. The molecule has 2 N–H and O–H groups in total. The number of hydrogen-bond donors (Lipinski definition) is 2. The maximum atomic E-state index is 12.4. The lowest BCUT2D eigenvalue weighted by molar-refractivity contribution is -0.118. The van der Waals surface area contributed by atoms with E-state index in [4.69, 9.17) is 11.6 Å². The molecule has 122 valence electrons. The lowest BCUT2D eigenvalue weighted by atomic mass is 9.95. The number of anilines is 1. The van der Waals surface area contributed by atoms with Crippen LogP contribution in [0.1, 0.15) is 32.4 Å². The standard InChI is InChI=1S/C19H23ClN2O/c1-13(2)18(15-7-5-4-6-8-15)21-14(3)19(23)22-17-11-9-16(20)10-12-17/h4-14,18,21H,1-3H3,(H,22,23)/t14-,18-/m1/s1. The van der Waals surface area contributed by atoms with Crippen LogP contribution in [0.5, 0.6) is 0 Å². The molecule has 2 aromatic carbocycles. The van der Waals surface area contributed by atoms with E-state index in [1.165, 1.54) is 5.56 Å². The van der Waals surface area contributed by atoms with Gasteiger partial charge in [-0.2, -0.15) is 0 Å². The first kappa shape index (κ1) is 17.5. The van der Waals surface area contributed by atoms with Crippen molar-refractivity contribution in [1.82, 2.24) is 5.32 Å². The highest BCUT2D eigenvalue weighted by Gasteiger charge is 2.21. The van der Waals surface area contributed by atoms with Crippen LogP contribution in [0.15, 0.2) is 54.6 Å². The molecule has 4 heteroatoms. The Morgan fingerprint density at radius 3 is 2.13 bits per heavy atom. The molecule has 23 heavy (non-hydrogen) atoms. The van der Waals surface area contributed by atoms with Crippen molar-refractivity contribution in [2.24, 2.45) is 5.92 Å². The van der Waals surface area contributed by atoms with Gasteiger partial charge < -0.3 is 5.32 Å². The maximum Gasteiger partial charge on any atom is 0.241 e. The Balaban J connectivity index is 2.02. The first-order valence-electron chi connectivity index (χ1n) is 7.85. The fourth-order valence-electron chi connectivity index (χ4n) is 2.46. The molecule has 0 aromatic heterocycles. The molecule has 0 spiro atoms. The van der Waals surface area contributed by atoms with Crippen molar-refractivity contribution in [3.05, 3.63) is 65.2 Å². The van der Waals surface area contributed by atoms with Gasteiger partial charge >= 0.3 is 0 Å². The van der Waals surface area contributed by atoms with Gasteiger partial charge in [-0.3, -0.25) is 10.1 Å². The Morgan fingerprint density at radius 2 is 1.57 bits per heavy atom. The quantitative estimate of drug-likeness (QED) is 0.809. The minimum absolute atomic E-state index is 0.0612. The Kier molecular flexibility index (Phi) is 6.20. The predicted octanol–water partition coefficient (Wildman–Crippen LogP) is 4.65. The second-order valence-electron chi connectivity index (χ2n) is 6.02. The van der Waals surface area contributed by atoms with E-state index in [1.54, 1.807) is 24.3 Å². The Labute approximate surface area is 143 Å². The van der Waals surface area contributed by atoms with E-state index in [-0.39, 0.29) is 18.0 Å². The van der Waals surface area contributed by atoms with Crippen LogP contribution in [0.25, 0.3) is 0 Å². The summed E-state index contributed by atoms with van der Waals surface area (Å²) < 4.78 is 0. The van der Waals surface area contributed by atoms with Gasteiger partial charge in [-0.15, -0.1) is 0 Å². The summed E-state index contributed by atoms with van der Waals surface area (Å²) in [6, 6.07) is 17.1. The molecule has 0 heterocycles. The van der Waals surface area contributed by atoms with Crippen molar-refractivity contribution in [2.75, 3.05) is 5.32 Å². The number of rotatable bonds is 6. The van der Waals surface area contributed by atoms with Gasteiger partial charge in [0.1, 0.15) is 0 Å². The highest BCUT2D eigenvalue weighted by atomic mass is 35.5. The predicted molar refractivity (Wildman–Crippen MR) is 96.7 cm³/mol. The average molecular weight is 331 g/mol. The van der Waals surface area contributed by atoms with E-state index < -0.39 is 0 Å². The van der Waals surface area contributed by atoms with Gasteiger partial charge in [-0.1, -0.05) is 55.8 Å². The molecule has 0 saturated carbocycles. The number of halogens is 1. The zero-order chi connectivity index (χ0) is 16.8. The minimum Gasteiger partial charge on any atom is -0.325 e. The van der Waals surface area contributed by atoms with E-state index in [0.717, 1.165) is 5.69 Å². The third-order valence-electron chi connectivity index (χ3n) is 3.76. The lowest BCUT2D eigenvalue weighted by Gasteiger charge is -2.26. The number of nitrogens with one attached hydrogen (secondary N) is 2. The van der Waals surface area contributed by atoms with Crippen molar-refractivity contribution in [3.63, 3.8) is 0 Å². The van der Waals surface area contributed by atoms with E-state index in [1.807, 2.05) is 25.1 Å². The number of carbonyl (C=O) groups excluding carboxylic acids is 1. The smallest absolute Gasteiger partial charge is 0.241 e. The van der Waals surface area contributed by atoms with Crippen LogP contribution in [0.4, 0.5) is 5.69 Å². The number of carbonyl (C=O) groups is 1. The van der Waals surface area contributed by atoms with Gasteiger partial charge in [0.15, 0.2) is 0 Å². The molecule has 0 saturated heterocycles. The molecule has 1 amide bonds. The van der Waals surface area contributed by atoms with Crippen LogP contribution in [0.3, 0.4) is 0 Å². The Morgan fingerprint density at radius 1 is 0.957 bits per heavy atom. The van der Waals surface area contributed by atoms with Gasteiger partial charge in [-0.25, -0.2) is 0 Å². The van der Waals surface area contributed by atoms with Gasteiger partial charge in [0.05, 0.1) is 6.04 Å². The summed E-state index contributed by atoms with van der Waals surface area (Å²) in [4.78, 5) is 12.4. The number of amides is 1. The Bertz CT molecular complexity index is 626. The second kappa shape index (κ2) is 8.14. The number of hydrogen-bond acceptors (Lipinski definition) is 2. The molecule has 0 unspecified atom stereocenters. The highest BCUT2D eigenvalue weighted by molar-refractivity contribution is 6.30. The molecule has 2 aromatic rings.